The van der Waals surface area contributed by atoms with Crippen LogP contribution in [0.25, 0.3) is 0 Å². The van der Waals surface area contributed by atoms with E-state index in [2.05, 4.69) is 11.9 Å². The van der Waals surface area contributed by atoms with Crippen molar-refractivity contribution in [3.8, 4) is 5.75 Å². The number of fused-ring (bicyclic) bond motifs is 1. The number of halogens is 3. The molecule has 1 amide bonds. The average Bonchev–Trinajstić information content (AvgIpc) is 2.64. The molecule has 1 heterocycles. The van der Waals surface area contributed by atoms with Crippen LogP contribution in [0.5, 0.6) is 5.75 Å². The molecule has 0 bridgehead atoms. The van der Waals surface area contributed by atoms with Crippen LogP contribution in [0.2, 0.25) is 0 Å². The van der Waals surface area contributed by atoms with Crippen LogP contribution in [0, 0.1) is 0 Å². The molecule has 136 valence electrons. The number of anilines is 2. The molecule has 3 rings (SSSR count). The minimum Gasteiger partial charge on any atom is -0.485 e. The second-order valence-corrected chi connectivity index (χ2v) is 5.81. The quantitative estimate of drug-likeness (QED) is 0.839. The van der Waals surface area contributed by atoms with E-state index < -0.39 is 11.7 Å². The van der Waals surface area contributed by atoms with Crippen molar-refractivity contribution < 1.29 is 22.7 Å². The fraction of sp³-hybridized carbons (Fsp3) is 0.211. The molecular formula is C19H17F3N2O2. The Hall–Kier alpha value is -2.96. The Balaban J connectivity index is 1.87. The van der Waals surface area contributed by atoms with E-state index >= 15 is 0 Å². The number of benzene rings is 2. The first-order valence-electron chi connectivity index (χ1n) is 7.99. The number of amides is 1. The summed E-state index contributed by atoms with van der Waals surface area (Å²) < 4.78 is 44.3. The van der Waals surface area contributed by atoms with Crippen molar-refractivity contribution in [1.82, 2.24) is 5.32 Å². The highest BCUT2D eigenvalue weighted by atomic mass is 19.4. The van der Waals surface area contributed by atoms with Gasteiger partial charge in [-0.2, -0.15) is 13.2 Å². The van der Waals surface area contributed by atoms with Crippen LogP contribution in [0.15, 0.2) is 61.2 Å². The molecule has 1 atom stereocenters. The molecule has 2 aromatic rings. The van der Waals surface area contributed by atoms with Gasteiger partial charge in [0.25, 0.3) is 0 Å². The fourth-order valence-electron chi connectivity index (χ4n) is 2.77. The molecule has 0 aromatic heterocycles. The number of ether oxygens (including phenoxy) is 1. The molecule has 1 aliphatic rings. The van der Waals surface area contributed by atoms with E-state index in [0.717, 1.165) is 17.8 Å². The smallest absolute Gasteiger partial charge is 0.416 e. The Morgan fingerprint density at radius 3 is 2.58 bits per heavy atom. The van der Waals surface area contributed by atoms with Gasteiger partial charge in [-0.05, 0) is 42.5 Å². The molecule has 7 heteroatoms. The van der Waals surface area contributed by atoms with Gasteiger partial charge in [0, 0.05) is 5.69 Å². The number of nitrogens with zero attached hydrogens (tertiary/aromatic N) is 1. The predicted molar refractivity (Wildman–Crippen MR) is 92.5 cm³/mol. The second kappa shape index (κ2) is 7.11. The van der Waals surface area contributed by atoms with E-state index in [0.29, 0.717) is 18.0 Å². The summed E-state index contributed by atoms with van der Waals surface area (Å²) >= 11 is 0. The molecule has 1 unspecified atom stereocenters. The molecule has 26 heavy (non-hydrogen) atoms. The largest absolute Gasteiger partial charge is 0.485 e. The van der Waals surface area contributed by atoms with Crippen LogP contribution >= 0.6 is 0 Å². The lowest BCUT2D eigenvalue weighted by molar-refractivity contribution is -0.137. The molecule has 1 aliphatic heterocycles. The van der Waals surface area contributed by atoms with Gasteiger partial charge < -0.3 is 15.0 Å². The highest BCUT2D eigenvalue weighted by Gasteiger charge is 2.31. The van der Waals surface area contributed by atoms with E-state index in [9.17, 15) is 18.0 Å². The van der Waals surface area contributed by atoms with Crippen LogP contribution in [0.1, 0.15) is 5.56 Å². The normalized spacial score (nSPS) is 16.4. The Kier molecular flexibility index (Phi) is 4.88. The second-order valence-electron chi connectivity index (χ2n) is 5.81. The van der Waals surface area contributed by atoms with Crippen molar-refractivity contribution >= 4 is 17.3 Å². The Morgan fingerprint density at radius 1 is 1.23 bits per heavy atom. The summed E-state index contributed by atoms with van der Waals surface area (Å²) in [5.74, 6) is 0.296. The van der Waals surface area contributed by atoms with Gasteiger partial charge in [0.2, 0.25) is 5.91 Å². The lowest BCUT2D eigenvalue weighted by Crippen LogP contribution is -2.44. The Morgan fingerprint density at radius 2 is 1.92 bits per heavy atom. The molecule has 4 nitrogen and oxygen atoms in total. The lowest BCUT2D eigenvalue weighted by Gasteiger charge is -2.36. The van der Waals surface area contributed by atoms with Gasteiger partial charge in [-0.25, -0.2) is 0 Å². The lowest BCUT2D eigenvalue weighted by atomic mass is 10.1. The highest BCUT2D eigenvalue weighted by Crippen LogP contribution is 2.39. The zero-order valence-corrected chi connectivity index (χ0v) is 13.8. The minimum atomic E-state index is -4.38. The van der Waals surface area contributed by atoms with Crippen LogP contribution < -0.4 is 15.0 Å². The van der Waals surface area contributed by atoms with E-state index in [1.165, 1.54) is 18.2 Å². The summed E-state index contributed by atoms with van der Waals surface area (Å²) in [6.45, 7) is 4.04. The third-order valence-corrected chi connectivity index (χ3v) is 4.03. The molecule has 1 N–H and O–H groups in total. The third-order valence-electron chi connectivity index (χ3n) is 4.03. The molecule has 0 fully saturated rings. The molecule has 0 saturated heterocycles. The topological polar surface area (TPSA) is 41.6 Å². The van der Waals surface area contributed by atoms with Crippen molar-refractivity contribution in [2.75, 3.05) is 18.0 Å². The summed E-state index contributed by atoms with van der Waals surface area (Å²) in [6, 6.07) is 12.3. The van der Waals surface area contributed by atoms with Crippen LogP contribution in [-0.4, -0.2) is 25.1 Å². The number of para-hydroxylation sites is 2. The van der Waals surface area contributed by atoms with Crippen LogP contribution in [-0.2, 0) is 11.0 Å². The zero-order valence-electron chi connectivity index (χ0n) is 13.8. The summed E-state index contributed by atoms with van der Waals surface area (Å²) in [4.78, 5) is 13.3. The maximum Gasteiger partial charge on any atom is 0.416 e. The van der Waals surface area contributed by atoms with Crippen molar-refractivity contribution in [1.29, 1.82) is 0 Å². The first-order chi connectivity index (χ1) is 12.4. The standard InChI is InChI=1S/C19H17F3N2O2/c1-2-18(25)23-11-15-12-24(16-5-3-4-6-17(16)26-15)14-9-7-13(8-10-14)19(20,21)22/h2-10,15H,1,11-12H2,(H,23,25). The van der Waals surface area contributed by atoms with Crippen molar-refractivity contribution in [3.05, 3.63) is 66.7 Å². The van der Waals surface area contributed by atoms with Crippen molar-refractivity contribution in [2.45, 2.75) is 12.3 Å². The number of hydrogen-bond donors (Lipinski definition) is 1. The van der Waals surface area contributed by atoms with Gasteiger partial charge in [0.15, 0.2) is 0 Å². The van der Waals surface area contributed by atoms with Crippen molar-refractivity contribution in [3.63, 3.8) is 0 Å². The van der Waals surface area contributed by atoms with Gasteiger partial charge >= 0.3 is 6.18 Å². The fourth-order valence-corrected chi connectivity index (χ4v) is 2.77. The number of alkyl halides is 3. The summed E-state index contributed by atoms with van der Waals surface area (Å²) in [5.41, 5.74) is 0.685. The molecular weight excluding hydrogens is 345 g/mol. The SMILES string of the molecule is C=CC(=O)NCC1CN(c2ccc(C(F)(F)F)cc2)c2ccccc2O1. The summed E-state index contributed by atoms with van der Waals surface area (Å²) in [6.07, 6.45) is -3.56. The maximum absolute atomic E-state index is 12.8. The minimum absolute atomic E-state index is 0.260. The number of nitrogens with one attached hydrogen (secondary N) is 1. The van der Waals surface area contributed by atoms with Gasteiger partial charge in [0.1, 0.15) is 11.9 Å². The van der Waals surface area contributed by atoms with Crippen molar-refractivity contribution in [2.24, 2.45) is 0 Å². The average molecular weight is 362 g/mol. The predicted octanol–water partition coefficient (Wildman–Crippen LogP) is 3.91. The van der Waals surface area contributed by atoms with Crippen LogP contribution in [0.4, 0.5) is 24.5 Å². The summed E-state index contributed by atoms with van der Waals surface area (Å²) in [7, 11) is 0. The van der Waals surface area contributed by atoms with Gasteiger partial charge in [-0.3, -0.25) is 4.79 Å². The van der Waals surface area contributed by atoms with E-state index in [4.69, 9.17) is 4.74 Å². The first-order valence-corrected chi connectivity index (χ1v) is 7.99. The van der Waals surface area contributed by atoms with E-state index in [1.54, 1.807) is 6.07 Å². The van der Waals surface area contributed by atoms with Gasteiger partial charge in [-0.15, -0.1) is 0 Å². The number of hydrogen-bond acceptors (Lipinski definition) is 3. The number of carbonyl (C=O) groups excluding carboxylic acids is 1. The first kappa shape index (κ1) is 17.8. The van der Waals surface area contributed by atoms with Crippen LogP contribution in [0.3, 0.4) is 0 Å². The maximum atomic E-state index is 12.8. The molecule has 0 spiro atoms. The Labute approximate surface area is 148 Å². The molecule has 0 saturated carbocycles. The molecule has 0 aliphatic carbocycles. The monoisotopic (exact) mass is 362 g/mol. The van der Waals surface area contributed by atoms with Gasteiger partial charge in [-0.1, -0.05) is 18.7 Å². The summed E-state index contributed by atoms with van der Waals surface area (Å²) in [5, 5.41) is 2.68. The third kappa shape index (κ3) is 3.82. The van der Waals surface area contributed by atoms with E-state index in [1.807, 2.05) is 23.1 Å². The molecule has 0 radical (unpaired) electrons. The highest BCUT2D eigenvalue weighted by molar-refractivity contribution is 5.86. The Bertz CT molecular complexity index is 803. The molecule has 2 aromatic carbocycles. The number of carbonyl (C=O) groups is 1. The number of rotatable bonds is 4. The van der Waals surface area contributed by atoms with Gasteiger partial charge in [0.05, 0.1) is 24.3 Å². The van der Waals surface area contributed by atoms with E-state index in [-0.39, 0.29) is 18.6 Å². The zero-order chi connectivity index (χ0) is 18.7.